The first kappa shape index (κ1) is 23.0. The quantitative estimate of drug-likeness (QED) is 0.347. The molecule has 2 amide bonds. The number of hydrogen-bond donors (Lipinski definition) is 2. The predicted octanol–water partition coefficient (Wildman–Crippen LogP) is 5.17. The number of ether oxygens (including phenoxy) is 2. The van der Waals surface area contributed by atoms with E-state index < -0.39 is 6.16 Å². The van der Waals surface area contributed by atoms with Crippen LogP contribution in [0.25, 0.3) is 0 Å². The van der Waals surface area contributed by atoms with E-state index in [1.165, 1.54) is 12.1 Å². The van der Waals surface area contributed by atoms with Gasteiger partial charge in [0.2, 0.25) is 0 Å². The monoisotopic (exact) mass is 496 g/mol. The molecule has 32 heavy (non-hydrogen) atoms. The molecular weight excluding hydrogens is 476 g/mol. The van der Waals surface area contributed by atoms with Gasteiger partial charge in [-0.15, -0.1) is 0 Å². The molecule has 0 saturated heterocycles. The Morgan fingerprint density at radius 1 is 0.875 bits per heavy atom. The molecule has 164 valence electrons. The number of anilines is 1. The van der Waals surface area contributed by atoms with Crippen LogP contribution >= 0.6 is 15.9 Å². The molecule has 3 rings (SSSR count). The standard InChI is InChI=1S/C24H21BrN2O5/c1-2-31-24(30)32-21-12-8-18(9-13-21)23(29)27-20-5-3-4-16(14-20)15-26-22(28)17-6-10-19(25)11-7-17/h3-14H,2,15H2,1H3,(H,26,28)(H,27,29). The Balaban J connectivity index is 1.56. The zero-order valence-electron chi connectivity index (χ0n) is 17.3. The van der Waals surface area contributed by atoms with E-state index in [0.717, 1.165) is 10.0 Å². The Morgan fingerprint density at radius 2 is 1.53 bits per heavy atom. The van der Waals surface area contributed by atoms with Gasteiger partial charge < -0.3 is 20.1 Å². The van der Waals surface area contributed by atoms with Gasteiger partial charge in [-0.1, -0.05) is 28.1 Å². The second-order valence-electron chi connectivity index (χ2n) is 6.65. The van der Waals surface area contributed by atoms with Gasteiger partial charge in [0.25, 0.3) is 11.8 Å². The molecule has 0 aromatic heterocycles. The first-order valence-corrected chi connectivity index (χ1v) is 10.6. The number of halogens is 1. The maximum absolute atomic E-state index is 12.5. The maximum atomic E-state index is 12.5. The van der Waals surface area contributed by atoms with Crippen LogP contribution in [0.2, 0.25) is 0 Å². The SMILES string of the molecule is CCOC(=O)Oc1ccc(C(=O)Nc2cccc(CNC(=O)c3ccc(Br)cc3)c2)cc1. The van der Waals surface area contributed by atoms with Gasteiger partial charge in [-0.05, 0) is 73.2 Å². The molecule has 8 heteroatoms. The largest absolute Gasteiger partial charge is 0.513 e. The van der Waals surface area contributed by atoms with Crippen molar-refractivity contribution in [3.05, 3.63) is 94.0 Å². The van der Waals surface area contributed by atoms with Crippen LogP contribution in [0, 0.1) is 0 Å². The van der Waals surface area contributed by atoms with Crippen molar-refractivity contribution in [3.63, 3.8) is 0 Å². The molecule has 0 saturated carbocycles. The zero-order chi connectivity index (χ0) is 22.9. The van der Waals surface area contributed by atoms with Crippen molar-refractivity contribution in [2.45, 2.75) is 13.5 Å². The van der Waals surface area contributed by atoms with Crippen LogP contribution in [0.15, 0.2) is 77.3 Å². The Hall–Kier alpha value is -3.65. The first-order valence-electron chi connectivity index (χ1n) is 9.83. The Bertz CT molecular complexity index is 1100. The number of amides is 2. The fourth-order valence-corrected chi connectivity index (χ4v) is 3.03. The Labute approximate surface area is 193 Å². The molecule has 0 atom stereocenters. The summed E-state index contributed by atoms with van der Waals surface area (Å²) in [5.41, 5.74) is 2.40. The van der Waals surface area contributed by atoms with Gasteiger partial charge in [-0.25, -0.2) is 4.79 Å². The molecule has 0 aliphatic carbocycles. The van der Waals surface area contributed by atoms with E-state index in [1.54, 1.807) is 61.5 Å². The van der Waals surface area contributed by atoms with E-state index in [-0.39, 0.29) is 24.2 Å². The summed E-state index contributed by atoms with van der Waals surface area (Å²) >= 11 is 3.34. The summed E-state index contributed by atoms with van der Waals surface area (Å²) in [6, 6.07) is 20.4. The molecule has 0 bridgehead atoms. The van der Waals surface area contributed by atoms with Crippen molar-refractivity contribution in [1.29, 1.82) is 0 Å². The van der Waals surface area contributed by atoms with Gasteiger partial charge in [-0.2, -0.15) is 0 Å². The lowest BCUT2D eigenvalue weighted by Gasteiger charge is -2.09. The van der Waals surface area contributed by atoms with E-state index >= 15 is 0 Å². The molecule has 3 aromatic carbocycles. The van der Waals surface area contributed by atoms with Crippen molar-refractivity contribution < 1.29 is 23.9 Å². The van der Waals surface area contributed by atoms with E-state index in [0.29, 0.717) is 23.4 Å². The molecule has 0 aliphatic rings. The number of carbonyl (C=O) groups is 3. The fourth-order valence-electron chi connectivity index (χ4n) is 2.77. The lowest BCUT2D eigenvalue weighted by atomic mass is 10.1. The summed E-state index contributed by atoms with van der Waals surface area (Å²) in [4.78, 5) is 36.1. The van der Waals surface area contributed by atoms with Crippen molar-refractivity contribution in [2.24, 2.45) is 0 Å². The maximum Gasteiger partial charge on any atom is 0.513 e. The van der Waals surface area contributed by atoms with Crippen LogP contribution in [0.5, 0.6) is 5.75 Å². The number of rotatable bonds is 7. The van der Waals surface area contributed by atoms with Crippen LogP contribution in [0.3, 0.4) is 0 Å². The number of hydrogen-bond acceptors (Lipinski definition) is 5. The topological polar surface area (TPSA) is 93.7 Å². The summed E-state index contributed by atoms with van der Waals surface area (Å²) in [5.74, 6) is -0.218. The van der Waals surface area contributed by atoms with E-state index in [2.05, 4.69) is 26.6 Å². The molecule has 0 radical (unpaired) electrons. The minimum absolute atomic E-state index is 0.183. The summed E-state index contributed by atoms with van der Waals surface area (Å²) in [5, 5.41) is 5.67. The highest BCUT2D eigenvalue weighted by atomic mass is 79.9. The Morgan fingerprint density at radius 3 is 2.22 bits per heavy atom. The third kappa shape index (κ3) is 6.68. The number of benzene rings is 3. The van der Waals surface area contributed by atoms with Gasteiger partial charge >= 0.3 is 6.16 Å². The van der Waals surface area contributed by atoms with Crippen LogP contribution < -0.4 is 15.4 Å². The summed E-state index contributed by atoms with van der Waals surface area (Å²) < 4.78 is 10.6. The highest BCUT2D eigenvalue weighted by Gasteiger charge is 2.10. The second-order valence-corrected chi connectivity index (χ2v) is 7.57. The van der Waals surface area contributed by atoms with E-state index in [9.17, 15) is 14.4 Å². The number of carbonyl (C=O) groups excluding carboxylic acids is 3. The van der Waals surface area contributed by atoms with Crippen molar-refractivity contribution in [3.8, 4) is 5.75 Å². The molecule has 2 N–H and O–H groups in total. The zero-order valence-corrected chi connectivity index (χ0v) is 18.8. The van der Waals surface area contributed by atoms with Crippen molar-refractivity contribution in [1.82, 2.24) is 5.32 Å². The fraction of sp³-hybridized carbons (Fsp3) is 0.125. The van der Waals surface area contributed by atoms with E-state index in [1.807, 2.05) is 6.07 Å². The number of nitrogens with one attached hydrogen (secondary N) is 2. The summed E-state index contributed by atoms with van der Waals surface area (Å²) in [6.45, 7) is 2.21. The summed E-state index contributed by atoms with van der Waals surface area (Å²) in [6.07, 6.45) is -0.797. The molecule has 7 nitrogen and oxygen atoms in total. The molecule has 0 spiro atoms. The normalized spacial score (nSPS) is 10.2. The van der Waals surface area contributed by atoms with Gasteiger partial charge in [0.15, 0.2) is 0 Å². The third-order valence-electron chi connectivity index (χ3n) is 4.32. The lowest BCUT2D eigenvalue weighted by molar-refractivity contribution is 0.0949. The molecule has 0 fully saturated rings. The van der Waals surface area contributed by atoms with Gasteiger partial charge in [0.1, 0.15) is 5.75 Å². The van der Waals surface area contributed by atoms with Gasteiger partial charge in [-0.3, -0.25) is 9.59 Å². The Kier molecular flexibility index (Phi) is 7.99. The molecule has 3 aromatic rings. The minimum Gasteiger partial charge on any atom is -0.434 e. The van der Waals surface area contributed by atoms with Crippen molar-refractivity contribution >= 4 is 39.6 Å². The van der Waals surface area contributed by atoms with Crippen LogP contribution in [-0.2, 0) is 11.3 Å². The summed E-state index contributed by atoms with van der Waals surface area (Å²) in [7, 11) is 0. The predicted molar refractivity (Wildman–Crippen MR) is 124 cm³/mol. The van der Waals surface area contributed by atoms with E-state index in [4.69, 9.17) is 9.47 Å². The third-order valence-corrected chi connectivity index (χ3v) is 4.85. The van der Waals surface area contributed by atoms with Gasteiger partial charge in [0.05, 0.1) is 6.61 Å². The van der Waals surface area contributed by atoms with Crippen LogP contribution in [-0.4, -0.2) is 24.6 Å². The molecule has 0 heterocycles. The molecule has 0 unspecified atom stereocenters. The minimum atomic E-state index is -0.797. The van der Waals surface area contributed by atoms with Gasteiger partial charge in [0, 0.05) is 27.8 Å². The highest BCUT2D eigenvalue weighted by Crippen LogP contribution is 2.16. The van der Waals surface area contributed by atoms with Crippen LogP contribution in [0.1, 0.15) is 33.2 Å². The second kappa shape index (κ2) is 11.1. The molecule has 0 aliphatic heterocycles. The lowest BCUT2D eigenvalue weighted by Crippen LogP contribution is -2.22. The average Bonchev–Trinajstić information content (AvgIpc) is 2.79. The first-order chi connectivity index (χ1) is 15.4. The van der Waals surface area contributed by atoms with Crippen molar-refractivity contribution in [2.75, 3.05) is 11.9 Å². The van der Waals surface area contributed by atoms with Crippen LogP contribution in [0.4, 0.5) is 10.5 Å². The smallest absolute Gasteiger partial charge is 0.434 e. The molecular formula is C24H21BrN2O5. The average molecular weight is 497 g/mol. The highest BCUT2D eigenvalue weighted by molar-refractivity contribution is 9.10.